The first-order valence-corrected chi connectivity index (χ1v) is 8.08. The lowest BCUT2D eigenvalue weighted by Crippen LogP contribution is -2.07. The van der Waals surface area contributed by atoms with Gasteiger partial charge in [-0.15, -0.1) is 0 Å². The van der Waals surface area contributed by atoms with Crippen LogP contribution in [-0.2, 0) is 17.3 Å². The summed E-state index contributed by atoms with van der Waals surface area (Å²) in [6.07, 6.45) is -2.55. The van der Waals surface area contributed by atoms with Gasteiger partial charge in [-0.25, -0.2) is 14.3 Å². The van der Waals surface area contributed by atoms with Crippen LogP contribution in [-0.4, -0.2) is 27.2 Å². The third-order valence-electron chi connectivity index (χ3n) is 3.89. The molecular formula is C18H16F3N3O2. The predicted molar refractivity (Wildman–Crippen MR) is 88.8 cm³/mol. The number of carbonyl (C=O) groups excluding carboxylic acids is 1. The third-order valence-corrected chi connectivity index (χ3v) is 3.89. The predicted octanol–water partition coefficient (Wildman–Crippen LogP) is 4.15. The number of aryl methyl sites for hydroxylation is 1. The van der Waals surface area contributed by atoms with Gasteiger partial charge in [-0.2, -0.15) is 18.3 Å². The Bertz CT molecular complexity index is 964. The van der Waals surface area contributed by atoms with E-state index in [1.807, 2.05) is 6.92 Å². The lowest BCUT2D eigenvalue weighted by atomic mass is 10.1. The zero-order valence-corrected chi connectivity index (χ0v) is 14.2. The minimum atomic E-state index is -4.45. The summed E-state index contributed by atoms with van der Waals surface area (Å²) in [6, 6.07) is 6.50. The van der Waals surface area contributed by atoms with Crippen molar-refractivity contribution in [1.29, 1.82) is 0 Å². The fraction of sp³-hybridized carbons (Fsp3) is 0.278. The molecule has 0 bridgehead atoms. The summed E-state index contributed by atoms with van der Waals surface area (Å²) in [5.74, 6) is -0.548. The van der Waals surface area contributed by atoms with E-state index in [1.165, 1.54) is 16.8 Å². The maximum Gasteiger partial charge on any atom is 0.416 e. The van der Waals surface area contributed by atoms with Crippen molar-refractivity contribution in [1.82, 2.24) is 14.6 Å². The summed E-state index contributed by atoms with van der Waals surface area (Å²) in [4.78, 5) is 16.5. The fourth-order valence-corrected chi connectivity index (χ4v) is 2.72. The molecular weight excluding hydrogens is 347 g/mol. The van der Waals surface area contributed by atoms with Gasteiger partial charge in [0.05, 0.1) is 23.6 Å². The van der Waals surface area contributed by atoms with Gasteiger partial charge in [-0.05, 0) is 31.5 Å². The van der Waals surface area contributed by atoms with Crippen LogP contribution in [0.5, 0.6) is 0 Å². The highest BCUT2D eigenvalue weighted by Crippen LogP contribution is 2.32. The normalized spacial score (nSPS) is 11.7. The lowest BCUT2D eigenvalue weighted by Gasteiger charge is -2.09. The molecule has 0 N–H and O–H groups in total. The Morgan fingerprint density at radius 3 is 2.65 bits per heavy atom. The molecule has 0 unspecified atom stereocenters. The summed E-state index contributed by atoms with van der Waals surface area (Å²) in [7, 11) is 0. The van der Waals surface area contributed by atoms with Crippen LogP contribution in [0.4, 0.5) is 13.2 Å². The molecule has 3 rings (SSSR count). The average molecular weight is 363 g/mol. The van der Waals surface area contributed by atoms with Crippen molar-refractivity contribution in [2.24, 2.45) is 0 Å². The van der Waals surface area contributed by atoms with Crippen LogP contribution >= 0.6 is 0 Å². The number of ether oxygens (including phenoxy) is 1. The van der Waals surface area contributed by atoms with Gasteiger partial charge in [0.2, 0.25) is 0 Å². The van der Waals surface area contributed by atoms with Gasteiger partial charge in [0.1, 0.15) is 5.56 Å². The van der Waals surface area contributed by atoms with Crippen LogP contribution in [0, 0.1) is 0 Å². The van der Waals surface area contributed by atoms with Crippen molar-refractivity contribution >= 4 is 11.6 Å². The molecule has 0 amide bonds. The second-order valence-electron chi connectivity index (χ2n) is 5.54. The van der Waals surface area contributed by atoms with Crippen LogP contribution in [0.2, 0.25) is 0 Å². The maximum absolute atomic E-state index is 13.0. The molecule has 0 fully saturated rings. The fourth-order valence-electron chi connectivity index (χ4n) is 2.72. The number of esters is 1. The first-order chi connectivity index (χ1) is 12.4. The molecule has 0 saturated carbocycles. The molecule has 5 nitrogen and oxygen atoms in total. The van der Waals surface area contributed by atoms with Gasteiger partial charge in [0, 0.05) is 11.8 Å². The van der Waals surface area contributed by atoms with E-state index in [-0.39, 0.29) is 17.8 Å². The zero-order valence-electron chi connectivity index (χ0n) is 14.2. The number of hydrogen-bond acceptors (Lipinski definition) is 4. The second-order valence-corrected chi connectivity index (χ2v) is 5.54. The van der Waals surface area contributed by atoms with Crippen molar-refractivity contribution < 1.29 is 22.7 Å². The SMILES string of the molecule is CCOC(=O)c1c(CC)nn2c(-c3cccc(C(F)(F)F)c3)ccnc12. The van der Waals surface area contributed by atoms with E-state index >= 15 is 0 Å². The monoisotopic (exact) mass is 363 g/mol. The molecule has 0 saturated heterocycles. The number of hydrogen-bond donors (Lipinski definition) is 0. The highest BCUT2D eigenvalue weighted by atomic mass is 19.4. The highest BCUT2D eigenvalue weighted by molar-refractivity contribution is 5.97. The number of aromatic nitrogens is 3. The molecule has 0 spiro atoms. The first-order valence-electron chi connectivity index (χ1n) is 8.08. The smallest absolute Gasteiger partial charge is 0.416 e. The molecule has 0 aliphatic rings. The van der Waals surface area contributed by atoms with E-state index in [0.29, 0.717) is 23.4 Å². The number of fused-ring (bicyclic) bond motifs is 1. The number of halogens is 3. The van der Waals surface area contributed by atoms with Crippen LogP contribution in [0.15, 0.2) is 36.5 Å². The van der Waals surface area contributed by atoms with Gasteiger partial charge in [-0.3, -0.25) is 0 Å². The van der Waals surface area contributed by atoms with E-state index < -0.39 is 17.7 Å². The van der Waals surface area contributed by atoms with Crippen LogP contribution in [0.1, 0.15) is 35.5 Å². The number of carbonyl (C=O) groups is 1. The second kappa shape index (κ2) is 6.78. The average Bonchev–Trinajstić information content (AvgIpc) is 3.00. The molecule has 2 heterocycles. The van der Waals surface area contributed by atoms with Crippen LogP contribution in [0.25, 0.3) is 16.9 Å². The first kappa shape index (κ1) is 17.9. The summed E-state index contributed by atoms with van der Waals surface area (Å²) in [5.41, 5.74) is 0.960. The Balaban J connectivity index is 2.22. The molecule has 0 aliphatic heterocycles. The minimum Gasteiger partial charge on any atom is -0.462 e. The molecule has 1 aromatic carbocycles. The number of nitrogens with zero attached hydrogens (tertiary/aromatic N) is 3. The van der Waals surface area contributed by atoms with Crippen molar-refractivity contribution in [3.63, 3.8) is 0 Å². The molecule has 0 atom stereocenters. The van der Waals surface area contributed by atoms with Crippen LogP contribution < -0.4 is 0 Å². The number of alkyl halides is 3. The summed E-state index contributed by atoms with van der Waals surface area (Å²) in [6.45, 7) is 3.72. The zero-order chi connectivity index (χ0) is 18.9. The van der Waals surface area contributed by atoms with Crippen molar-refractivity contribution in [2.45, 2.75) is 26.4 Å². The number of rotatable bonds is 4. The van der Waals surface area contributed by atoms with E-state index in [0.717, 1.165) is 12.1 Å². The van der Waals surface area contributed by atoms with Gasteiger partial charge in [0.25, 0.3) is 0 Å². The van der Waals surface area contributed by atoms with Crippen molar-refractivity contribution in [3.8, 4) is 11.3 Å². The quantitative estimate of drug-likeness (QED) is 0.654. The standard InChI is InChI=1S/C18H16F3N3O2/c1-3-13-15(17(25)26-4-2)16-22-9-8-14(24(16)23-13)11-6-5-7-12(10-11)18(19,20)21/h5-10H,3-4H2,1-2H3. The topological polar surface area (TPSA) is 56.5 Å². The Hall–Kier alpha value is -2.90. The molecule has 2 aromatic heterocycles. The Labute approximate surface area is 147 Å². The largest absolute Gasteiger partial charge is 0.462 e. The van der Waals surface area contributed by atoms with Gasteiger partial charge < -0.3 is 4.74 Å². The highest BCUT2D eigenvalue weighted by Gasteiger charge is 2.31. The molecule has 8 heteroatoms. The van der Waals surface area contributed by atoms with Gasteiger partial charge in [-0.1, -0.05) is 19.1 Å². The molecule has 0 aliphatic carbocycles. The van der Waals surface area contributed by atoms with Crippen LogP contribution in [0.3, 0.4) is 0 Å². The maximum atomic E-state index is 13.0. The Morgan fingerprint density at radius 1 is 1.23 bits per heavy atom. The minimum absolute atomic E-state index is 0.201. The summed E-state index contributed by atoms with van der Waals surface area (Å²) in [5, 5.41) is 4.37. The van der Waals surface area contributed by atoms with Crippen molar-refractivity contribution in [3.05, 3.63) is 53.3 Å². The molecule has 136 valence electrons. The third kappa shape index (κ3) is 3.14. The molecule has 3 aromatic rings. The summed E-state index contributed by atoms with van der Waals surface area (Å²) < 4.78 is 45.5. The van der Waals surface area contributed by atoms with E-state index in [4.69, 9.17) is 4.74 Å². The van der Waals surface area contributed by atoms with Gasteiger partial charge >= 0.3 is 12.1 Å². The molecule has 26 heavy (non-hydrogen) atoms. The summed E-state index contributed by atoms with van der Waals surface area (Å²) >= 11 is 0. The molecule has 0 radical (unpaired) electrons. The van der Waals surface area contributed by atoms with E-state index in [9.17, 15) is 18.0 Å². The number of benzene rings is 1. The lowest BCUT2D eigenvalue weighted by molar-refractivity contribution is -0.137. The Kier molecular flexibility index (Phi) is 4.67. The van der Waals surface area contributed by atoms with Gasteiger partial charge in [0.15, 0.2) is 5.65 Å². The Morgan fingerprint density at radius 2 is 2.00 bits per heavy atom. The van der Waals surface area contributed by atoms with Crippen molar-refractivity contribution in [2.75, 3.05) is 6.61 Å². The van der Waals surface area contributed by atoms with E-state index in [2.05, 4.69) is 10.1 Å². The van der Waals surface area contributed by atoms with E-state index in [1.54, 1.807) is 19.1 Å².